The van der Waals surface area contributed by atoms with E-state index in [0.717, 1.165) is 5.56 Å². The molecule has 1 saturated heterocycles. The largest absolute Gasteiger partial charge is 0.481 e. The second-order valence-electron chi connectivity index (χ2n) is 6.57. The van der Waals surface area contributed by atoms with Crippen LogP contribution in [0.3, 0.4) is 0 Å². The van der Waals surface area contributed by atoms with Gasteiger partial charge in [0.2, 0.25) is 5.91 Å². The number of carboxylic acids is 1. The van der Waals surface area contributed by atoms with Crippen LogP contribution in [0.4, 0.5) is 0 Å². The second kappa shape index (κ2) is 8.44. The van der Waals surface area contributed by atoms with Crippen LogP contribution in [0.5, 0.6) is 0 Å². The van der Waals surface area contributed by atoms with E-state index in [4.69, 9.17) is 5.11 Å². The summed E-state index contributed by atoms with van der Waals surface area (Å²) < 4.78 is 0. The number of carbonyl (C=O) groups excluding carboxylic acids is 2. The Kier molecular flexibility index (Phi) is 5.80. The zero-order valence-corrected chi connectivity index (χ0v) is 14.7. The summed E-state index contributed by atoms with van der Waals surface area (Å²) in [5.74, 6) is -2.07. The number of amides is 2. The highest BCUT2D eigenvalue weighted by molar-refractivity contribution is 5.97. The lowest BCUT2D eigenvalue weighted by molar-refractivity contribution is -0.141. The zero-order chi connectivity index (χ0) is 19.2. The summed E-state index contributed by atoms with van der Waals surface area (Å²) in [5, 5.41) is 12.0. The Morgan fingerprint density at radius 2 is 1.96 bits per heavy atom. The van der Waals surface area contributed by atoms with Gasteiger partial charge in [0.1, 0.15) is 6.04 Å². The number of nitrogens with one attached hydrogen (secondary N) is 1. The quantitative estimate of drug-likeness (QED) is 0.803. The Morgan fingerprint density at radius 3 is 2.59 bits per heavy atom. The van der Waals surface area contributed by atoms with Gasteiger partial charge in [-0.3, -0.25) is 19.4 Å². The van der Waals surface area contributed by atoms with Crippen LogP contribution in [-0.2, 0) is 16.0 Å². The molecule has 1 fully saturated rings. The van der Waals surface area contributed by atoms with Crippen molar-refractivity contribution in [2.75, 3.05) is 13.1 Å². The highest BCUT2D eigenvalue weighted by atomic mass is 16.4. The van der Waals surface area contributed by atoms with E-state index >= 15 is 0 Å². The molecule has 2 amide bonds. The van der Waals surface area contributed by atoms with Crippen LogP contribution >= 0.6 is 0 Å². The number of nitrogens with zero attached hydrogens (tertiary/aromatic N) is 2. The lowest BCUT2D eigenvalue weighted by Crippen LogP contribution is -2.49. The summed E-state index contributed by atoms with van der Waals surface area (Å²) in [4.78, 5) is 42.3. The van der Waals surface area contributed by atoms with Crippen molar-refractivity contribution in [3.05, 3.63) is 66.0 Å². The van der Waals surface area contributed by atoms with Crippen molar-refractivity contribution in [2.24, 2.45) is 5.92 Å². The van der Waals surface area contributed by atoms with Gasteiger partial charge >= 0.3 is 5.97 Å². The summed E-state index contributed by atoms with van der Waals surface area (Å²) >= 11 is 0. The van der Waals surface area contributed by atoms with Crippen molar-refractivity contribution in [1.82, 2.24) is 15.2 Å². The Bertz CT molecular complexity index is 810. The number of benzene rings is 1. The number of likely N-dealkylation sites (tertiary alicyclic amines) is 1. The Morgan fingerprint density at radius 1 is 1.19 bits per heavy atom. The number of rotatable bonds is 6. The Labute approximate surface area is 157 Å². The van der Waals surface area contributed by atoms with Crippen LogP contribution in [0.2, 0.25) is 0 Å². The molecule has 3 rings (SSSR count). The summed E-state index contributed by atoms with van der Waals surface area (Å²) in [6.45, 7) is 0.541. The van der Waals surface area contributed by atoms with E-state index in [0.29, 0.717) is 24.9 Å². The van der Waals surface area contributed by atoms with Gasteiger partial charge in [-0.15, -0.1) is 0 Å². The summed E-state index contributed by atoms with van der Waals surface area (Å²) in [6, 6.07) is 11.5. The normalized spacial score (nSPS) is 17.3. The van der Waals surface area contributed by atoms with Crippen LogP contribution in [0.15, 0.2) is 54.9 Å². The number of carboxylic acid groups (broad SMARTS) is 1. The number of carbonyl (C=O) groups is 3. The van der Waals surface area contributed by atoms with Crippen molar-refractivity contribution >= 4 is 17.8 Å². The van der Waals surface area contributed by atoms with E-state index < -0.39 is 17.9 Å². The number of pyridine rings is 1. The van der Waals surface area contributed by atoms with Gasteiger partial charge < -0.3 is 15.3 Å². The van der Waals surface area contributed by atoms with Crippen LogP contribution < -0.4 is 5.32 Å². The fraction of sp³-hybridized carbons (Fsp3) is 0.300. The molecule has 0 bridgehead atoms. The molecule has 2 atom stereocenters. The first-order valence-corrected chi connectivity index (χ1v) is 8.81. The first-order chi connectivity index (χ1) is 13.0. The van der Waals surface area contributed by atoms with Crippen LogP contribution in [0.1, 0.15) is 22.3 Å². The summed E-state index contributed by atoms with van der Waals surface area (Å²) in [5.41, 5.74) is 1.28. The second-order valence-corrected chi connectivity index (χ2v) is 6.57. The van der Waals surface area contributed by atoms with Gasteiger partial charge in [-0.05, 0) is 30.2 Å². The van der Waals surface area contributed by atoms with Gasteiger partial charge in [-0.25, -0.2) is 0 Å². The van der Waals surface area contributed by atoms with E-state index in [1.807, 2.05) is 12.1 Å². The number of hydrogen-bond donors (Lipinski definition) is 2. The van der Waals surface area contributed by atoms with E-state index in [-0.39, 0.29) is 18.4 Å². The minimum absolute atomic E-state index is 0.166. The smallest absolute Gasteiger partial charge is 0.308 e. The highest BCUT2D eigenvalue weighted by Crippen LogP contribution is 2.18. The monoisotopic (exact) mass is 367 g/mol. The molecule has 2 unspecified atom stereocenters. The average molecular weight is 367 g/mol. The van der Waals surface area contributed by atoms with Gasteiger partial charge in [-0.1, -0.05) is 24.3 Å². The topological polar surface area (TPSA) is 99.6 Å². The predicted octanol–water partition coefficient (Wildman–Crippen LogP) is 1.36. The summed E-state index contributed by atoms with van der Waals surface area (Å²) in [7, 11) is 0. The minimum Gasteiger partial charge on any atom is -0.481 e. The average Bonchev–Trinajstić information content (AvgIpc) is 3.19. The van der Waals surface area contributed by atoms with Crippen molar-refractivity contribution in [3.8, 4) is 0 Å². The van der Waals surface area contributed by atoms with E-state index in [1.54, 1.807) is 42.7 Å². The Hall–Kier alpha value is -3.22. The van der Waals surface area contributed by atoms with E-state index in [1.165, 1.54) is 4.90 Å². The van der Waals surface area contributed by atoms with E-state index in [9.17, 15) is 14.4 Å². The Balaban J connectivity index is 1.76. The molecule has 7 heteroatoms. The van der Waals surface area contributed by atoms with Gasteiger partial charge in [0.15, 0.2) is 0 Å². The third kappa shape index (κ3) is 4.69. The molecule has 1 aliphatic rings. The summed E-state index contributed by atoms with van der Waals surface area (Å²) in [6.07, 6.45) is 4.01. The van der Waals surface area contributed by atoms with Gasteiger partial charge in [-0.2, -0.15) is 0 Å². The lowest BCUT2D eigenvalue weighted by atomic mass is 10.1. The fourth-order valence-electron chi connectivity index (χ4n) is 3.17. The van der Waals surface area contributed by atoms with Crippen molar-refractivity contribution < 1.29 is 19.5 Å². The van der Waals surface area contributed by atoms with Crippen molar-refractivity contribution in [3.63, 3.8) is 0 Å². The number of aromatic nitrogens is 1. The third-order valence-electron chi connectivity index (χ3n) is 4.65. The highest BCUT2D eigenvalue weighted by Gasteiger charge is 2.34. The van der Waals surface area contributed by atoms with Crippen LogP contribution in [-0.4, -0.2) is 51.9 Å². The molecule has 2 N–H and O–H groups in total. The SMILES string of the molecule is O=C(NC(Cc1cccnc1)C(=O)N1CCC(C(=O)O)C1)c1ccccc1. The van der Waals surface area contributed by atoms with Gasteiger partial charge in [0.05, 0.1) is 5.92 Å². The first-order valence-electron chi connectivity index (χ1n) is 8.81. The van der Waals surface area contributed by atoms with Crippen molar-refractivity contribution in [2.45, 2.75) is 18.9 Å². The molecule has 0 aliphatic carbocycles. The first kappa shape index (κ1) is 18.6. The molecule has 1 aromatic heterocycles. The maximum Gasteiger partial charge on any atom is 0.308 e. The molecule has 2 aromatic rings. The molecular formula is C20H21N3O4. The molecule has 0 saturated carbocycles. The minimum atomic E-state index is -0.901. The fourth-order valence-corrected chi connectivity index (χ4v) is 3.17. The van der Waals surface area contributed by atoms with Crippen molar-refractivity contribution in [1.29, 1.82) is 0 Å². The van der Waals surface area contributed by atoms with Crippen LogP contribution in [0.25, 0.3) is 0 Å². The third-order valence-corrected chi connectivity index (χ3v) is 4.65. The molecule has 7 nitrogen and oxygen atoms in total. The molecule has 2 heterocycles. The maximum atomic E-state index is 13.0. The molecule has 27 heavy (non-hydrogen) atoms. The predicted molar refractivity (Wildman–Crippen MR) is 98.0 cm³/mol. The zero-order valence-electron chi connectivity index (χ0n) is 14.7. The molecule has 1 aromatic carbocycles. The molecule has 1 aliphatic heterocycles. The molecule has 0 radical (unpaired) electrons. The molecular weight excluding hydrogens is 346 g/mol. The van der Waals surface area contributed by atoms with Gasteiger partial charge in [0, 0.05) is 37.5 Å². The van der Waals surface area contributed by atoms with Gasteiger partial charge in [0.25, 0.3) is 5.91 Å². The lowest BCUT2D eigenvalue weighted by Gasteiger charge is -2.24. The number of aliphatic carboxylic acids is 1. The molecule has 140 valence electrons. The maximum absolute atomic E-state index is 13.0. The van der Waals surface area contributed by atoms with Crippen LogP contribution in [0, 0.1) is 5.92 Å². The standard InChI is InChI=1S/C20H21N3O4/c24-18(15-6-2-1-3-7-15)22-17(11-14-5-4-9-21-12-14)19(25)23-10-8-16(13-23)20(26)27/h1-7,9,12,16-17H,8,10-11,13H2,(H,22,24)(H,26,27). The van der Waals surface area contributed by atoms with E-state index in [2.05, 4.69) is 10.3 Å². The molecule has 0 spiro atoms. The number of hydrogen-bond acceptors (Lipinski definition) is 4.